The smallest absolute Gasteiger partial charge is 0.319 e. The number of benzene rings is 1. The average Bonchev–Trinajstić information content (AvgIpc) is 2.48. The number of nitrogens with one attached hydrogen (secondary N) is 1. The zero-order valence-electron chi connectivity index (χ0n) is 14.3. The molecule has 0 spiro atoms. The number of carbonyl (C=O) groups excluding carboxylic acids is 2. The van der Waals surface area contributed by atoms with E-state index in [-0.39, 0.29) is 28.7 Å². The van der Waals surface area contributed by atoms with Crippen molar-refractivity contribution in [2.45, 2.75) is 63.2 Å². The third-order valence-corrected chi connectivity index (χ3v) is 4.85. The zero-order chi connectivity index (χ0) is 18.3. The van der Waals surface area contributed by atoms with E-state index in [4.69, 9.17) is 16.3 Å². The Morgan fingerprint density at radius 3 is 2.54 bits per heavy atom. The van der Waals surface area contributed by atoms with Gasteiger partial charge in [-0.15, -0.1) is 11.8 Å². The topological polar surface area (TPSA) is 55.4 Å². The normalized spacial score (nSPS) is 12.1. The third-order valence-electron chi connectivity index (χ3n) is 3.03. The molecule has 1 amide bonds. The van der Waals surface area contributed by atoms with Crippen molar-refractivity contribution in [1.82, 2.24) is 0 Å². The molecule has 0 heterocycles. The molecule has 0 bridgehead atoms. The molecule has 0 aromatic heterocycles. The number of hydrogen-bond acceptors (Lipinski definition) is 4. The van der Waals surface area contributed by atoms with Gasteiger partial charge in [-0.1, -0.05) is 25.4 Å². The minimum absolute atomic E-state index is 0.0624. The van der Waals surface area contributed by atoms with Crippen LogP contribution in [0.4, 0.5) is 10.1 Å². The highest BCUT2D eigenvalue weighted by Crippen LogP contribution is 2.36. The number of ether oxygens (including phenoxy) is 1. The number of anilines is 1. The lowest BCUT2D eigenvalue weighted by Gasteiger charge is -2.17. The first-order chi connectivity index (χ1) is 11.3. The number of esters is 1. The van der Waals surface area contributed by atoms with Gasteiger partial charge in [-0.2, -0.15) is 0 Å². The molecule has 134 valence electrons. The molecule has 7 heteroatoms. The molecule has 1 unspecified atom stereocenters. The highest BCUT2D eigenvalue weighted by atomic mass is 35.5. The quantitative estimate of drug-likeness (QED) is 0.510. The molecule has 0 saturated carbocycles. The predicted molar refractivity (Wildman–Crippen MR) is 96.1 cm³/mol. The van der Waals surface area contributed by atoms with Crippen LogP contribution in [0.5, 0.6) is 0 Å². The van der Waals surface area contributed by atoms with Crippen LogP contribution in [0.2, 0.25) is 5.02 Å². The number of amides is 1. The van der Waals surface area contributed by atoms with Crippen LogP contribution in [0.15, 0.2) is 17.0 Å². The third kappa shape index (κ3) is 6.32. The Hall–Kier alpha value is -1.27. The maximum Gasteiger partial charge on any atom is 0.319 e. The summed E-state index contributed by atoms with van der Waals surface area (Å²) in [6.45, 7) is 7.29. The summed E-state index contributed by atoms with van der Waals surface area (Å²) in [6.07, 6.45) is 1.31. The second kappa shape index (κ2) is 9.89. The molecular formula is C17H23ClFNO3S. The lowest BCUT2D eigenvalue weighted by Crippen LogP contribution is -2.22. The van der Waals surface area contributed by atoms with E-state index < -0.39 is 11.1 Å². The van der Waals surface area contributed by atoms with Gasteiger partial charge in [0.05, 0.1) is 16.8 Å². The monoisotopic (exact) mass is 375 g/mol. The van der Waals surface area contributed by atoms with E-state index in [1.54, 1.807) is 13.8 Å². The molecule has 1 aromatic carbocycles. The number of rotatable bonds is 8. The van der Waals surface area contributed by atoms with Gasteiger partial charge in [0.1, 0.15) is 11.1 Å². The van der Waals surface area contributed by atoms with Crippen molar-refractivity contribution >= 4 is 40.9 Å². The van der Waals surface area contributed by atoms with E-state index >= 15 is 0 Å². The fourth-order valence-corrected chi connectivity index (χ4v) is 3.18. The maximum atomic E-state index is 14.0. The van der Waals surface area contributed by atoms with E-state index in [1.807, 2.05) is 13.8 Å². The molecule has 24 heavy (non-hydrogen) atoms. The first-order valence-electron chi connectivity index (χ1n) is 7.94. The van der Waals surface area contributed by atoms with Crippen LogP contribution in [-0.2, 0) is 14.3 Å². The van der Waals surface area contributed by atoms with Crippen molar-refractivity contribution in [3.05, 3.63) is 23.0 Å². The number of thioether (sulfide) groups is 1. The van der Waals surface area contributed by atoms with E-state index in [0.717, 1.165) is 6.07 Å². The molecule has 0 fully saturated rings. The van der Waals surface area contributed by atoms with Crippen molar-refractivity contribution in [2.75, 3.05) is 5.32 Å². The first kappa shape index (κ1) is 20.8. The summed E-state index contributed by atoms with van der Waals surface area (Å²) in [5.74, 6) is -1.21. The van der Waals surface area contributed by atoms with Gasteiger partial charge in [-0.3, -0.25) is 9.59 Å². The van der Waals surface area contributed by atoms with E-state index in [2.05, 4.69) is 5.32 Å². The van der Waals surface area contributed by atoms with Gasteiger partial charge < -0.3 is 10.1 Å². The maximum absolute atomic E-state index is 14.0. The standard InChI is InChI=1S/C17H23ClFNO3S/c1-5-7-16(21)20-13-9-15(11(18)8-12(13)19)24-14(6-2)17(22)23-10(3)4/h8-10,14H,5-7H2,1-4H3,(H,20,21). The van der Waals surface area contributed by atoms with Crippen molar-refractivity contribution < 1.29 is 18.7 Å². The summed E-state index contributed by atoms with van der Waals surface area (Å²) in [7, 11) is 0. The summed E-state index contributed by atoms with van der Waals surface area (Å²) < 4.78 is 19.2. The van der Waals surface area contributed by atoms with E-state index in [1.165, 1.54) is 17.8 Å². The van der Waals surface area contributed by atoms with Gasteiger partial charge in [0.25, 0.3) is 0 Å². The van der Waals surface area contributed by atoms with Gasteiger partial charge in [0.2, 0.25) is 5.91 Å². The average molecular weight is 376 g/mol. The highest BCUT2D eigenvalue weighted by Gasteiger charge is 2.22. The SMILES string of the molecule is CCCC(=O)Nc1cc(SC(CC)C(=O)OC(C)C)c(Cl)cc1F. The molecule has 0 radical (unpaired) electrons. The van der Waals surface area contributed by atoms with Gasteiger partial charge in [0, 0.05) is 11.3 Å². The van der Waals surface area contributed by atoms with Crippen LogP contribution in [0.3, 0.4) is 0 Å². The van der Waals surface area contributed by atoms with E-state index in [9.17, 15) is 14.0 Å². The second-order valence-electron chi connectivity index (χ2n) is 5.56. The molecule has 0 aliphatic rings. The number of hydrogen-bond donors (Lipinski definition) is 1. The Bertz CT molecular complexity index is 595. The number of halogens is 2. The Balaban J connectivity index is 2.97. The van der Waals surface area contributed by atoms with Crippen LogP contribution in [0, 0.1) is 5.82 Å². The minimum atomic E-state index is -0.605. The molecule has 4 nitrogen and oxygen atoms in total. The van der Waals surface area contributed by atoms with Gasteiger partial charge in [-0.25, -0.2) is 4.39 Å². The van der Waals surface area contributed by atoms with Gasteiger partial charge >= 0.3 is 5.97 Å². The van der Waals surface area contributed by atoms with Crippen molar-refractivity contribution in [2.24, 2.45) is 0 Å². The molecule has 1 rings (SSSR count). The van der Waals surface area contributed by atoms with Gasteiger partial charge in [-0.05, 0) is 38.8 Å². The summed E-state index contributed by atoms with van der Waals surface area (Å²) >= 11 is 7.29. The van der Waals surface area contributed by atoms with Crippen LogP contribution in [-0.4, -0.2) is 23.2 Å². The molecule has 0 saturated heterocycles. The highest BCUT2D eigenvalue weighted by molar-refractivity contribution is 8.00. The Kier molecular flexibility index (Phi) is 8.56. The largest absolute Gasteiger partial charge is 0.462 e. The van der Waals surface area contributed by atoms with Gasteiger partial charge in [0.15, 0.2) is 0 Å². The molecule has 0 aliphatic heterocycles. The Morgan fingerprint density at radius 1 is 1.33 bits per heavy atom. The summed E-state index contributed by atoms with van der Waals surface area (Å²) in [5.41, 5.74) is 0.0624. The fraction of sp³-hybridized carbons (Fsp3) is 0.529. The zero-order valence-corrected chi connectivity index (χ0v) is 15.9. The lowest BCUT2D eigenvalue weighted by molar-refractivity contribution is -0.146. The Labute approximate surface area is 151 Å². The van der Waals surface area contributed by atoms with Crippen LogP contribution in [0.25, 0.3) is 0 Å². The predicted octanol–water partition coefficient (Wildman–Crippen LogP) is 5.04. The summed E-state index contributed by atoms with van der Waals surface area (Å²) in [5, 5.41) is 2.28. The molecule has 1 aromatic rings. The fourth-order valence-electron chi connectivity index (χ4n) is 1.91. The summed E-state index contributed by atoms with van der Waals surface area (Å²) in [4.78, 5) is 24.3. The minimum Gasteiger partial charge on any atom is -0.462 e. The second-order valence-corrected chi connectivity index (χ2v) is 7.21. The van der Waals surface area contributed by atoms with Crippen LogP contribution in [0.1, 0.15) is 47.0 Å². The van der Waals surface area contributed by atoms with Crippen LogP contribution >= 0.6 is 23.4 Å². The first-order valence-corrected chi connectivity index (χ1v) is 9.20. The molecule has 1 atom stereocenters. The lowest BCUT2D eigenvalue weighted by atomic mass is 10.2. The van der Waals surface area contributed by atoms with Crippen LogP contribution < -0.4 is 5.32 Å². The number of carbonyl (C=O) groups is 2. The van der Waals surface area contributed by atoms with Crippen molar-refractivity contribution in [3.63, 3.8) is 0 Å². The molecular weight excluding hydrogens is 353 g/mol. The summed E-state index contributed by atoms with van der Waals surface area (Å²) in [6, 6.07) is 2.60. The van der Waals surface area contributed by atoms with E-state index in [0.29, 0.717) is 24.2 Å². The van der Waals surface area contributed by atoms with Crippen molar-refractivity contribution in [1.29, 1.82) is 0 Å². The Morgan fingerprint density at radius 2 is 2.00 bits per heavy atom. The van der Waals surface area contributed by atoms with Crippen molar-refractivity contribution in [3.8, 4) is 0 Å². The molecule has 1 N–H and O–H groups in total. The molecule has 0 aliphatic carbocycles.